The summed E-state index contributed by atoms with van der Waals surface area (Å²) >= 11 is 1.83. The normalized spacial score (nSPS) is 14.2. The standard InChI is InChI=1S/C14H19NS/c1-10(15)9-14(2,3)12-6-4-5-11-7-8-16-13(11)12/h4-8,10H,9,15H2,1-3H3. The first-order chi connectivity index (χ1) is 7.50. The number of fused-ring (bicyclic) bond motifs is 1. The molecule has 0 aliphatic carbocycles. The van der Waals surface area contributed by atoms with E-state index in [9.17, 15) is 0 Å². The van der Waals surface area contributed by atoms with Crippen molar-refractivity contribution in [3.8, 4) is 0 Å². The van der Waals surface area contributed by atoms with Crippen LogP contribution < -0.4 is 5.73 Å². The third-order valence-electron chi connectivity index (χ3n) is 3.04. The van der Waals surface area contributed by atoms with Gasteiger partial charge in [0.1, 0.15) is 0 Å². The highest BCUT2D eigenvalue weighted by Crippen LogP contribution is 2.36. The van der Waals surface area contributed by atoms with Crippen molar-refractivity contribution in [2.75, 3.05) is 0 Å². The molecule has 0 radical (unpaired) electrons. The summed E-state index contributed by atoms with van der Waals surface area (Å²) in [5.74, 6) is 0. The number of hydrogen-bond donors (Lipinski definition) is 1. The van der Waals surface area contributed by atoms with E-state index in [-0.39, 0.29) is 11.5 Å². The monoisotopic (exact) mass is 233 g/mol. The molecule has 1 nitrogen and oxygen atoms in total. The summed E-state index contributed by atoms with van der Waals surface area (Å²) in [4.78, 5) is 0. The second-order valence-electron chi connectivity index (χ2n) is 5.21. The van der Waals surface area contributed by atoms with Crippen LogP contribution in [0.15, 0.2) is 29.6 Å². The zero-order valence-corrected chi connectivity index (χ0v) is 11.0. The molecule has 1 atom stereocenters. The molecular formula is C14H19NS. The summed E-state index contributed by atoms with van der Waals surface area (Å²) in [6.07, 6.45) is 1.02. The molecule has 0 amide bonds. The highest BCUT2D eigenvalue weighted by molar-refractivity contribution is 7.17. The minimum atomic E-state index is 0.151. The molecule has 1 aromatic heterocycles. The lowest BCUT2D eigenvalue weighted by Crippen LogP contribution is -2.28. The van der Waals surface area contributed by atoms with E-state index in [4.69, 9.17) is 5.73 Å². The molecular weight excluding hydrogens is 214 g/mol. The van der Waals surface area contributed by atoms with Crippen molar-refractivity contribution < 1.29 is 0 Å². The van der Waals surface area contributed by atoms with Gasteiger partial charge >= 0.3 is 0 Å². The maximum absolute atomic E-state index is 5.94. The van der Waals surface area contributed by atoms with E-state index in [2.05, 4.69) is 50.4 Å². The fraction of sp³-hybridized carbons (Fsp3) is 0.429. The lowest BCUT2D eigenvalue weighted by Gasteiger charge is -2.27. The molecule has 0 aliphatic rings. The number of thiophene rings is 1. The number of benzene rings is 1. The highest BCUT2D eigenvalue weighted by atomic mass is 32.1. The fourth-order valence-corrected chi connectivity index (χ4v) is 3.54. The number of hydrogen-bond acceptors (Lipinski definition) is 2. The van der Waals surface area contributed by atoms with Crippen molar-refractivity contribution >= 4 is 21.4 Å². The molecule has 0 saturated carbocycles. The Balaban J connectivity index is 2.49. The first kappa shape index (κ1) is 11.6. The molecule has 0 fully saturated rings. The molecule has 0 saturated heterocycles. The minimum Gasteiger partial charge on any atom is -0.328 e. The van der Waals surface area contributed by atoms with Gasteiger partial charge < -0.3 is 5.73 Å². The molecule has 0 bridgehead atoms. The van der Waals surface area contributed by atoms with Crippen LogP contribution in [0.4, 0.5) is 0 Å². The Morgan fingerprint density at radius 1 is 1.31 bits per heavy atom. The van der Waals surface area contributed by atoms with Crippen LogP contribution in [-0.2, 0) is 5.41 Å². The zero-order valence-electron chi connectivity index (χ0n) is 10.2. The van der Waals surface area contributed by atoms with Gasteiger partial charge in [0.25, 0.3) is 0 Å². The van der Waals surface area contributed by atoms with E-state index in [0.29, 0.717) is 0 Å². The predicted molar refractivity (Wildman–Crippen MR) is 73.1 cm³/mol. The third-order valence-corrected chi connectivity index (χ3v) is 4.00. The van der Waals surface area contributed by atoms with E-state index < -0.39 is 0 Å². The van der Waals surface area contributed by atoms with Crippen LogP contribution in [0.25, 0.3) is 10.1 Å². The SMILES string of the molecule is CC(N)CC(C)(C)c1cccc2ccsc12. The van der Waals surface area contributed by atoms with Gasteiger partial charge in [0, 0.05) is 10.7 Å². The predicted octanol–water partition coefficient (Wildman–Crippen LogP) is 3.92. The summed E-state index contributed by atoms with van der Waals surface area (Å²) in [7, 11) is 0. The number of rotatable bonds is 3. The van der Waals surface area contributed by atoms with Crippen LogP contribution in [0.2, 0.25) is 0 Å². The quantitative estimate of drug-likeness (QED) is 0.854. The van der Waals surface area contributed by atoms with Gasteiger partial charge in [-0.05, 0) is 41.2 Å². The van der Waals surface area contributed by atoms with Crippen molar-refractivity contribution in [3.63, 3.8) is 0 Å². The summed E-state index contributed by atoms with van der Waals surface area (Å²) < 4.78 is 1.41. The molecule has 1 aromatic carbocycles. The lowest BCUT2D eigenvalue weighted by molar-refractivity contribution is 0.441. The topological polar surface area (TPSA) is 26.0 Å². The molecule has 86 valence electrons. The van der Waals surface area contributed by atoms with E-state index in [1.807, 2.05) is 11.3 Å². The average Bonchev–Trinajstić information content (AvgIpc) is 2.62. The van der Waals surface area contributed by atoms with Crippen molar-refractivity contribution in [3.05, 3.63) is 35.2 Å². The Labute approximate surface area is 101 Å². The Morgan fingerprint density at radius 3 is 2.75 bits per heavy atom. The second kappa shape index (κ2) is 4.19. The molecule has 2 N–H and O–H groups in total. The smallest absolute Gasteiger partial charge is 0.0380 e. The second-order valence-corrected chi connectivity index (χ2v) is 6.13. The van der Waals surface area contributed by atoms with E-state index >= 15 is 0 Å². The molecule has 1 heterocycles. The van der Waals surface area contributed by atoms with Gasteiger partial charge in [-0.15, -0.1) is 11.3 Å². The first-order valence-corrected chi connectivity index (χ1v) is 6.61. The average molecular weight is 233 g/mol. The lowest BCUT2D eigenvalue weighted by atomic mass is 9.79. The van der Waals surface area contributed by atoms with Gasteiger partial charge in [-0.25, -0.2) is 0 Å². The van der Waals surface area contributed by atoms with Crippen molar-refractivity contribution in [1.29, 1.82) is 0 Å². The Bertz CT molecular complexity index is 482. The summed E-state index contributed by atoms with van der Waals surface area (Å²) in [6, 6.07) is 8.99. The van der Waals surface area contributed by atoms with Crippen LogP contribution in [0.5, 0.6) is 0 Å². The molecule has 1 unspecified atom stereocenters. The van der Waals surface area contributed by atoms with Crippen LogP contribution >= 0.6 is 11.3 Å². The summed E-state index contributed by atoms with van der Waals surface area (Å²) in [5.41, 5.74) is 7.52. The third kappa shape index (κ3) is 2.13. The molecule has 2 aromatic rings. The van der Waals surface area contributed by atoms with Gasteiger partial charge in [-0.3, -0.25) is 0 Å². The highest BCUT2D eigenvalue weighted by Gasteiger charge is 2.24. The maximum Gasteiger partial charge on any atom is 0.0380 e. The molecule has 0 spiro atoms. The maximum atomic E-state index is 5.94. The molecule has 2 heteroatoms. The van der Waals surface area contributed by atoms with Crippen LogP contribution in [0.1, 0.15) is 32.8 Å². The van der Waals surface area contributed by atoms with Crippen LogP contribution in [0, 0.1) is 0 Å². The fourth-order valence-electron chi connectivity index (χ4n) is 2.44. The molecule has 0 aliphatic heterocycles. The Hall–Kier alpha value is -0.860. The van der Waals surface area contributed by atoms with Crippen LogP contribution in [-0.4, -0.2) is 6.04 Å². The molecule has 16 heavy (non-hydrogen) atoms. The minimum absolute atomic E-state index is 0.151. The zero-order chi connectivity index (χ0) is 11.8. The molecule has 2 rings (SSSR count). The van der Waals surface area contributed by atoms with Gasteiger partial charge in [0.05, 0.1) is 0 Å². The van der Waals surface area contributed by atoms with Crippen molar-refractivity contribution in [2.45, 2.75) is 38.6 Å². The van der Waals surface area contributed by atoms with Gasteiger partial charge in [0.2, 0.25) is 0 Å². The number of nitrogens with two attached hydrogens (primary N) is 1. The summed E-state index contributed by atoms with van der Waals surface area (Å²) in [6.45, 7) is 6.64. The summed E-state index contributed by atoms with van der Waals surface area (Å²) in [5, 5.41) is 3.51. The Morgan fingerprint density at radius 2 is 2.06 bits per heavy atom. The van der Waals surface area contributed by atoms with Crippen LogP contribution in [0.3, 0.4) is 0 Å². The first-order valence-electron chi connectivity index (χ1n) is 5.73. The van der Waals surface area contributed by atoms with Gasteiger partial charge in [0.15, 0.2) is 0 Å². The Kier molecular flexibility index (Phi) is 3.04. The van der Waals surface area contributed by atoms with E-state index in [0.717, 1.165) is 6.42 Å². The van der Waals surface area contributed by atoms with Gasteiger partial charge in [-0.1, -0.05) is 32.0 Å². The van der Waals surface area contributed by atoms with E-state index in [1.54, 1.807) is 0 Å². The van der Waals surface area contributed by atoms with Gasteiger partial charge in [-0.2, -0.15) is 0 Å². The van der Waals surface area contributed by atoms with Crippen molar-refractivity contribution in [2.24, 2.45) is 5.73 Å². The van der Waals surface area contributed by atoms with Crippen molar-refractivity contribution in [1.82, 2.24) is 0 Å². The van der Waals surface area contributed by atoms with E-state index in [1.165, 1.54) is 15.6 Å². The largest absolute Gasteiger partial charge is 0.328 e.